The molecule has 0 radical (unpaired) electrons. The molecule has 0 aliphatic heterocycles. The number of rotatable bonds is 6. The Kier molecular flexibility index (Phi) is 5.59. The van der Waals surface area contributed by atoms with Crippen LogP contribution in [0.4, 0.5) is 0 Å². The summed E-state index contributed by atoms with van der Waals surface area (Å²) in [6, 6.07) is 0. The predicted molar refractivity (Wildman–Crippen MR) is 82.8 cm³/mol. The molecule has 8 heteroatoms. The predicted octanol–water partition coefficient (Wildman–Crippen LogP) is 2.51. The molecule has 2 heterocycles. The number of nitrogens with zero attached hydrogens (tertiary/aromatic N) is 2. The number of thioether (sulfide) groups is 1. The quantitative estimate of drug-likeness (QED) is 0.500. The van der Waals surface area contributed by atoms with Crippen LogP contribution in [0, 0.1) is 6.92 Å². The lowest BCUT2D eigenvalue weighted by molar-refractivity contribution is -0.118. The second-order valence-corrected chi connectivity index (χ2v) is 6.51. The molecule has 0 bridgehead atoms. The molecule has 108 valence electrons. The first-order valence-corrected chi connectivity index (χ1v) is 8.09. The van der Waals surface area contributed by atoms with Crippen molar-refractivity contribution in [3.8, 4) is 0 Å². The summed E-state index contributed by atoms with van der Waals surface area (Å²) in [5, 5.41) is 5.02. The molecular weight excluding hydrogens is 318 g/mol. The van der Waals surface area contributed by atoms with Crippen LogP contribution in [-0.4, -0.2) is 41.9 Å². The van der Waals surface area contributed by atoms with Crippen molar-refractivity contribution in [1.82, 2.24) is 15.3 Å². The molecule has 2 aromatic rings. The number of nitrogens with one attached hydrogen (secondary N) is 1. The molecule has 1 amide bonds. The second kappa shape index (κ2) is 7.21. The van der Waals surface area contributed by atoms with E-state index >= 15 is 0 Å². The van der Waals surface area contributed by atoms with Crippen LogP contribution in [0.5, 0.6) is 0 Å². The first-order chi connectivity index (χ1) is 9.63. The molecule has 20 heavy (non-hydrogen) atoms. The maximum atomic E-state index is 11.7. The van der Waals surface area contributed by atoms with E-state index in [0.717, 1.165) is 20.1 Å². The van der Waals surface area contributed by atoms with Crippen molar-refractivity contribution in [2.24, 2.45) is 0 Å². The molecule has 0 fully saturated rings. The lowest BCUT2D eigenvalue weighted by Crippen LogP contribution is -2.28. The highest BCUT2D eigenvalue weighted by Gasteiger charge is 2.14. The van der Waals surface area contributed by atoms with E-state index in [2.05, 4.69) is 15.3 Å². The Morgan fingerprint density at radius 3 is 3.10 bits per heavy atom. The molecule has 0 atom stereocenters. The van der Waals surface area contributed by atoms with Gasteiger partial charge in [-0.25, -0.2) is 9.97 Å². The van der Waals surface area contributed by atoms with Crippen molar-refractivity contribution < 1.29 is 9.53 Å². The van der Waals surface area contributed by atoms with Crippen LogP contribution >= 0.6 is 34.7 Å². The van der Waals surface area contributed by atoms with Crippen molar-refractivity contribution in [1.29, 1.82) is 0 Å². The Bertz CT molecular complexity index is 618. The number of thiophene rings is 1. The fourth-order valence-electron chi connectivity index (χ4n) is 1.57. The molecule has 0 aliphatic carbocycles. The van der Waals surface area contributed by atoms with Crippen LogP contribution in [0.25, 0.3) is 10.2 Å². The summed E-state index contributed by atoms with van der Waals surface area (Å²) in [5.74, 6) is 0.239. The van der Waals surface area contributed by atoms with Gasteiger partial charge < -0.3 is 10.1 Å². The summed E-state index contributed by atoms with van der Waals surface area (Å²) in [5.41, 5.74) is 0. The van der Waals surface area contributed by atoms with E-state index in [4.69, 9.17) is 16.3 Å². The Morgan fingerprint density at radius 1 is 1.55 bits per heavy atom. The van der Waals surface area contributed by atoms with Gasteiger partial charge in [-0.1, -0.05) is 23.4 Å². The molecule has 0 saturated carbocycles. The number of hydrogen-bond acceptors (Lipinski definition) is 6. The third-order valence-electron chi connectivity index (χ3n) is 2.52. The van der Waals surface area contributed by atoms with Gasteiger partial charge >= 0.3 is 0 Å². The normalized spacial score (nSPS) is 10.9. The molecule has 5 nitrogen and oxygen atoms in total. The number of amides is 1. The standard InChI is InChI=1S/C12H14ClN3O2S2/c1-7-10(13)9-11(15-6-16-12(9)20-7)19-5-8(17)14-3-4-18-2/h6H,3-5H2,1-2H3,(H,14,17). The topological polar surface area (TPSA) is 64.1 Å². The largest absolute Gasteiger partial charge is 0.383 e. The van der Waals surface area contributed by atoms with Gasteiger partial charge in [0.1, 0.15) is 16.2 Å². The SMILES string of the molecule is COCCNC(=O)CSc1ncnc2sc(C)c(Cl)c12. The lowest BCUT2D eigenvalue weighted by Gasteiger charge is -2.04. The van der Waals surface area contributed by atoms with Crippen LogP contribution in [0.1, 0.15) is 4.88 Å². The van der Waals surface area contributed by atoms with Gasteiger partial charge in [0.25, 0.3) is 0 Å². The summed E-state index contributed by atoms with van der Waals surface area (Å²) in [4.78, 5) is 21.9. The van der Waals surface area contributed by atoms with Gasteiger partial charge in [-0.2, -0.15) is 0 Å². The highest BCUT2D eigenvalue weighted by molar-refractivity contribution is 8.00. The van der Waals surface area contributed by atoms with E-state index in [1.165, 1.54) is 29.4 Å². The molecule has 1 N–H and O–H groups in total. The van der Waals surface area contributed by atoms with E-state index in [1.54, 1.807) is 7.11 Å². The summed E-state index contributed by atoms with van der Waals surface area (Å²) in [7, 11) is 1.60. The number of carbonyl (C=O) groups is 1. The van der Waals surface area contributed by atoms with E-state index in [-0.39, 0.29) is 5.91 Å². The average molecular weight is 332 g/mol. The summed E-state index contributed by atoms with van der Waals surface area (Å²) in [6.07, 6.45) is 1.50. The maximum absolute atomic E-state index is 11.7. The summed E-state index contributed by atoms with van der Waals surface area (Å²) >= 11 is 9.16. The van der Waals surface area contributed by atoms with Gasteiger partial charge in [0, 0.05) is 18.5 Å². The van der Waals surface area contributed by atoms with E-state index in [1.807, 2.05) is 6.92 Å². The van der Waals surface area contributed by atoms with Crippen molar-refractivity contribution >= 4 is 50.8 Å². The van der Waals surface area contributed by atoms with Crippen LogP contribution in [0.3, 0.4) is 0 Å². The highest BCUT2D eigenvalue weighted by atomic mass is 35.5. The monoisotopic (exact) mass is 331 g/mol. The molecule has 0 saturated heterocycles. The van der Waals surface area contributed by atoms with Gasteiger partial charge in [0.05, 0.1) is 22.8 Å². The molecule has 0 unspecified atom stereocenters. The summed E-state index contributed by atoms with van der Waals surface area (Å²) < 4.78 is 4.87. The minimum absolute atomic E-state index is 0.0538. The Morgan fingerprint density at radius 2 is 2.35 bits per heavy atom. The van der Waals surface area contributed by atoms with E-state index in [9.17, 15) is 4.79 Å². The average Bonchev–Trinajstić information content (AvgIpc) is 2.73. The zero-order valence-electron chi connectivity index (χ0n) is 11.1. The van der Waals surface area contributed by atoms with Crippen molar-refractivity contribution in [2.75, 3.05) is 26.0 Å². The number of fused-ring (bicyclic) bond motifs is 1. The zero-order chi connectivity index (χ0) is 14.5. The fourth-order valence-corrected chi connectivity index (χ4v) is 3.76. The first kappa shape index (κ1) is 15.5. The van der Waals surface area contributed by atoms with Crippen LogP contribution in [0.15, 0.2) is 11.4 Å². The van der Waals surface area contributed by atoms with Gasteiger partial charge in [-0.3, -0.25) is 4.79 Å². The van der Waals surface area contributed by atoms with Crippen LogP contribution < -0.4 is 5.32 Å². The van der Waals surface area contributed by atoms with E-state index in [0.29, 0.717) is 23.9 Å². The third-order valence-corrected chi connectivity index (χ3v) is 5.11. The molecule has 0 spiro atoms. The second-order valence-electron chi connectivity index (χ2n) is 3.96. The third kappa shape index (κ3) is 3.60. The van der Waals surface area contributed by atoms with Crippen LogP contribution in [-0.2, 0) is 9.53 Å². The van der Waals surface area contributed by atoms with Crippen molar-refractivity contribution in [3.63, 3.8) is 0 Å². The number of aryl methyl sites for hydroxylation is 1. The number of aromatic nitrogens is 2. The Balaban J connectivity index is 2.05. The van der Waals surface area contributed by atoms with Gasteiger partial charge in [0.2, 0.25) is 5.91 Å². The molecule has 0 aromatic carbocycles. The van der Waals surface area contributed by atoms with Gasteiger partial charge in [-0.15, -0.1) is 11.3 Å². The fraction of sp³-hybridized carbons (Fsp3) is 0.417. The first-order valence-electron chi connectivity index (χ1n) is 5.91. The molecule has 2 rings (SSSR count). The molecular formula is C12H14ClN3O2S2. The number of hydrogen-bond donors (Lipinski definition) is 1. The van der Waals surface area contributed by atoms with Gasteiger partial charge in [-0.05, 0) is 6.92 Å². The highest BCUT2D eigenvalue weighted by Crippen LogP contribution is 2.37. The number of carbonyl (C=O) groups excluding carboxylic acids is 1. The Labute approximate surface area is 130 Å². The molecule has 0 aliphatic rings. The smallest absolute Gasteiger partial charge is 0.230 e. The summed E-state index contributed by atoms with van der Waals surface area (Å²) in [6.45, 7) is 2.96. The van der Waals surface area contributed by atoms with Gasteiger partial charge in [0.15, 0.2) is 0 Å². The minimum atomic E-state index is -0.0538. The zero-order valence-corrected chi connectivity index (χ0v) is 13.5. The van der Waals surface area contributed by atoms with Crippen molar-refractivity contribution in [2.45, 2.75) is 11.9 Å². The van der Waals surface area contributed by atoms with Crippen molar-refractivity contribution in [3.05, 3.63) is 16.2 Å². The minimum Gasteiger partial charge on any atom is -0.383 e. The molecule has 2 aromatic heterocycles. The Hall–Kier alpha value is -0.890. The maximum Gasteiger partial charge on any atom is 0.230 e. The number of ether oxygens (including phenoxy) is 1. The van der Waals surface area contributed by atoms with E-state index < -0.39 is 0 Å². The number of methoxy groups -OCH3 is 1. The number of halogens is 1. The lowest BCUT2D eigenvalue weighted by atomic mass is 10.4. The van der Waals surface area contributed by atoms with Crippen LogP contribution in [0.2, 0.25) is 5.02 Å².